The molecule has 0 bridgehead atoms. The van der Waals surface area contributed by atoms with Crippen molar-refractivity contribution in [3.8, 4) is 0 Å². The number of aromatic nitrogens is 10. The second-order valence-electron chi connectivity index (χ2n) is 17.2. The zero-order valence-corrected chi connectivity index (χ0v) is 39.4. The second-order valence-corrected chi connectivity index (χ2v) is 20.5. The van der Waals surface area contributed by atoms with Gasteiger partial charge < -0.3 is 39.9 Å². The van der Waals surface area contributed by atoms with Gasteiger partial charge >= 0.3 is 28.0 Å². The number of rotatable bonds is 10. The number of carbonyl (C=O) groups is 2. The number of nitrogens with zero attached hydrogens (tertiary/aromatic N) is 8. The maximum Gasteiger partial charge on any atom is 0.509 e. The number of imidazole rings is 2. The Kier molecular flexibility index (Phi) is 12.0. The van der Waals surface area contributed by atoms with Crippen LogP contribution in [-0.2, 0) is 64.7 Å². The SMILES string of the molecule is C[C@@]12OC(=O)O[C@@H]1[C@@H](CO[P@@]1(=O)OCC[C@@H](c3cccnc3)O1)O[C@H]2n1cnc2c(=O)[nH]c(N)nc21.C[C@@]12OC(=O)O[C@@H]1[C@@H](CO[P@]1(=O)OCC[C@H](c3cccnc3)O1)O[C@H]2n1cnc2c(=O)[nH]c(N)nc21. The average molecular weight is 1040 g/mol. The molecule has 0 saturated carbocycles. The molecule has 0 unspecified atom stereocenters. The number of fused-ring (bicyclic) bond motifs is 4. The van der Waals surface area contributed by atoms with Gasteiger partial charge in [-0.25, -0.2) is 28.7 Å². The molecule has 12 atom stereocenters. The van der Waals surface area contributed by atoms with Crippen molar-refractivity contribution in [1.82, 2.24) is 49.0 Å². The predicted octanol–water partition coefficient (Wildman–Crippen LogP) is 3.18. The minimum Gasteiger partial charge on any atom is -0.424 e. The Labute approximate surface area is 403 Å². The maximum atomic E-state index is 13.2. The van der Waals surface area contributed by atoms with Crippen molar-refractivity contribution in [3.05, 3.63) is 93.5 Å². The molecule has 6 fully saturated rings. The summed E-state index contributed by atoms with van der Waals surface area (Å²) in [5, 5.41) is 0. The van der Waals surface area contributed by atoms with Crippen LogP contribution in [0, 0.1) is 0 Å². The van der Waals surface area contributed by atoms with Crippen molar-refractivity contribution < 1.29 is 74.3 Å². The molecule has 6 aromatic heterocycles. The van der Waals surface area contributed by atoms with Crippen LogP contribution in [-0.4, -0.2) is 123 Å². The summed E-state index contributed by atoms with van der Waals surface area (Å²) in [5.74, 6) is -0.247. The minimum atomic E-state index is -3.98. The Bertz CT molecular complexity index is 3080. The minimum absolute atomic E-state index is 0.0211. The van der Waals surface area contributed by atoms with Crippen LogP contribution in [0.4, 0.5) is 21.5 Å². The van der Waals surface area contributed by atoms with Crippen LogP contribution >= 0.6 is 15.6 Å². The van der Waals surface area contributed by atoms with Crippen molar-refractivity contribution >= 4 is 62.2 Å². The fraction of sp³-hybridized carbons (Fsp3) is 0.450. The summed E-state index contributed by atoms with van der Waals surface area (Å²) in [6.07, 6.45) is 1.40. The third-order valence-corrected chi connectivity index (χ3v) is 15.5. The van der Waals surface area contributed by atoms with E-state index in [1.165, 1.54) is 21.8 Å². The lowest BCUT2D eigenvalue weighted by Gasteiger charge is -2.29. The second kappa shape index (κ2) is 18.1. The Morgan fingerprint density at radius 2 is 1.12 bits per heavy atom. The number of phosphoric acid groups is 2. The van der Waals surface area contributed by atoms with Crippen molar-refractivity contribution in [2.45, 2.75) is 87.0 Å². The molecule has 12 rings (SSSR count). The van der Waals surface area contributed by atoms with Gasteiger partial charge in [0.2, 0.25) is 11.9 Å². The van der Waals surface area contributed by atoms with Crippen molar-refractivity contribution in [2.24, 2.45) is 0 Å². The van der Waals surface area contributed by atoms with Gasteiger partial charge in [0.25, 0.3) is 11.1 Å². The molecule has 0 aliphatic carbocycles. The van der Waals surface area contributed by atoms with Gasteiger partial charge in [-0.05, 0) is 37.1 Å². The van der Waals surface area contributed by atoms with E-state index in [0.717, 1.165) is 11.1 Å². The maximum absolute atomic E-state index is 13.2. The van der Waals surface area contributed by atoms with Gasteiger partial charge in [-0.1, -0.05) is 12.1 Å². The molecular weight excluding hydrogens is 998 g/mol. The molecule has 0 spiro atoms. The van der Waals surface area contributed by atoms with Crippen molar-refractivity contribution in [3.63, 3.8) is 0 Å². The molecule has 0 radical (unpaired) electrons. The monoisotopic (exact) mass is 1040 g/mol. The number of aromatic amines is 2. The zero-order valence-electron chi connectivity index (χ0n) is 37.6. The van der Waals surface area contributed by atoms with Crippen LogP contribution in [0.5, 0.6) is 0 Å². The highest BCUT2D eigenvalue weighted by molar-refractivity contribution is 7.48. The molecule has 0 amide bonds. The normalized spacial score (nSPS) is 33.9. The molecule has 72 heavy (non-hydrogen) atoms. The van der Waals surface area contributed by atoms with Crippen LogP contribution in [0.25, 0.3) is 22.3 Å². The summed E-state index contributed by atoms with van der Waals surface area (Å²) in [5.41, 5.74) is 9.38. The largest absolute Gasteiger partial charge is 0.509 e. The molecule has 30 nitrogen and oxygen atoms in total. The smallest absolute Gasteiger partial charge is 0.424 e. The quantitative estimate of drug-likeness (QED) is 0.113. The summed E-state index contributed by atoms with van der Waals surface area (Å²) in [4.78, 5) is 77.9. The number of anilines is 2. The highest BCUT2D eigenvalue weighted by atomic mass is 31.2. The van der Waals surface area contributed by atoms with Crippen molar-refractivity contribution in [1.29, 1.82) is 0 Å². The Hall–Kier alpha value is -6.72. The fourth-order valence-electron chi connectivity index (χ4n) is 9.22. The lowest BCUT2D eigenvalue weighted by atomic mass is 9.96. The number of hydrogen-bond donors (Lipinski definition) is 4. The van der Waals surface area contributed by atoms with E-state index in [1.807, 2.05) is 0 Å². The number of ether oxygens (including phenoxy) is 6. The van der Waals surface area contributed by atoms with E-state index in [0.29, 0.717) is 12.8 Å². The van der Waals surface area contributed by atoms with Gasteiger partial charge in [-0.2, -0.15) is 9.97 Å². The van der Waals surface area contributed by atoms with E-state index in [9.17, 15) is 28.3 Å². The molecule has 6 aliphatic rings. The lowest BCUT2D eigenvalue weighted by molar-refractivity contribution is -0.0927. The fourth-order valence-corrected chi connectivity index (χ4v) is 12.0. The molecule has 6 aliphatic heterocycles. The van der Waals surface area contributed by atoms with E-state index in [4.69, 9.17) is 67.0 Å². The molecule has 0 aromatic carbocycles. The molecular formula is C40H42N12O18P2. The lowest BCUT2D eigenvalue weighted by Crippen LogP contribution is -2.42. The summed E-state index contributed by atoms with van der Waals surface area (Å²) in [6, 6.07) is 7.11. The first-order chi connectivity index (χ1) is 34.5. The molecule has 6 N–H and O–H groups in total. The van der Waals surface area contributed by atoms with Crippen LogP contribution in [0.15, 0.2) is 71.3 Å². The number of nitrogens with two attached hydrogens (primary N) is 2. The third kappa shape index (κ3) is 8.57. The number of hydrogen-bond acceptors (Lipinski definition) is 26. The summed E-state index contributed by atoms with van der Waals surface area (Å²) in [7, 11) is -7.95. The third-order valence-electron chi connectivity index (χ3n) is 12.5. The van der Waals surface area contributed by atoms with Crippen LogP contribution in [0.3, 0.4) is 0 Å². The first kappa shape index (κ1) is 47.6. The van der Waals surface area contributed by atoms with Crippen LogP contribution < -0.4 is 22.6 Å². The molecule has 6 saturated heterocycles. The van der Waals surface area contributed by atoms with E-state index >= 15 is 0 Å². The van der Waals surface area contributed by atoms with Crippen LogP contribution in [0.2, 0.25) is 0 Å². The van der Waals surface area contributed by atoms with Gasteiger partial charge in [-0.3, -0.25) is 65.8 Å². The highest BCUT2D eigenvalue weighted by Crippen LogP contribution is 2.59. The first-order valence-corrected chi connectivity index (χ1v) is 24.9. The number of nitrogens with one attached hydrogen (secondary N) is 2. The number of carbonyl (C=O) groups excluding carboxylic acids is 2. The highest BCUT2D eigenvalue weighted by Gasteiger charge is 2.66. The topological polar surface area (TPSA) is 384 Å². The molecule has 32 heteroatoms. The summed E-state index contributed by atoms with van der Waals surface area (Å²) < 4.78 is 96.3. The number of nitrogen functional groups attached to an aromatic ring is 2. The summed E-state index contributed by atoms with van der Waals surface area (Å²) >= 11 is 0. The zero-order chi connectivity index (χ0) is 50.2. The predicted molar refractivity (Wildman–Crippen MR) is 237 cm³/mol. The van der Waals surface area contributed by atoms with Crippen molar-refractivity contribution in [2.75, 3.05) is 37.9 Å². The first-order valence-electron chi connectivity index (χ1n) is 22.0. The van der Waals surface area contributed by atoms with E-state index in [2.05, 4.69) is 39.9 Å². The number of phosphoric ester groups is 2. The summed E-state index contributed by atoms with van der Waals surface area (Å²) in [6.45, 7) is 2.87. The molecule has 6 aromatic rings. The standard InChI is InChI=1S/2C20H21N6O9P/c2*1-20-14(33-19(28)34-20)12(32-17(20)26-9-23-13-15(26)24-18(21)25-16(13)27)8-31-36(29)30-6-4-11(35-36)10-3-2-5-22-7-10/h2*2-3,5,7,9,11-12,14,17H,4,6,8H2,1H3,(H3,21,24,25,27)/t11-,12+,14+,17+,20+,36+;11-,12-,14-,17-,20-,36+/m01/s1. The van der Waals surface area contributed by atoms with Gasteiger partial charge in [0.05, 0.1) is 51.3 Å². The van der Waals surface area contributed by atoms with E-state index in [1.54, 1.807) is 62.9 Å². The molecule has 12 heterocycles. The van der Waals surface area contributed by atoms with Gasteiger partial charge in [-0.15, -0.1) is 0 Å². The number of pyridine rings is 2. The van der Waals surface area contributed by atoms with Crippen LogP contribution in [0.1, 0.15) is 62.5 Å². The van der Waals surface area contributed by atoms with Gasteiger partial charge in [0, 0.05) is 37.6 Å². The van der Waals surface area contributed by atoms with E-state index in [-0.39, 0.29) is 60.7 Å². The van der Waals surface area contributed by atoms with Gasteiger partial charge in [0.15, 0.2) is 58.2 Å². The molecule has 380 valence electrons. The van der Waals surface area contributed by atoms with E-state index < -0.39 is 99.4 Å². The Balaban J connectivity index is 0.000000156. The Morgan fingerprint density at radius 1 is 0.694 bits per heavy atom. The number of H-pyrrole nitrogens is 2. The Morgan fingerprint density at radius 3 is 1.53 bits per heavy atom. The average Bonchev–Trinajstić information content (AvgIpc) is 4.19. The van der Waals surface area contributed by atoms with Gasteiger partial charge in [0.1, 0.15) is 12.2 Å².